The lowest BCUT2D eigenvalue weighted by molar-refractivity contribution is -0.692. The molecule has 28 heavy (non-hydrogen) atoms. The molecule has 3 heterocycles. The van der Waals surface area contributed by atoms with E-state index in [0.29, 0.717) is 0 Å². The minimum atomic E-state index is 1.03. The van der Waals surface area contributed by atoms with Crippen LogP contribution in [0.15, 0.2) is 48.7 Å². The molecule has 2 heteroatoms. The van der Waals surface area contributed by atoms with Crippen molar-refractivity contribution in [1.82, 2.24) is 0 Å². The summed E-state index contributed by atoms with van der Waals surface area (Å²) in [5, 5.41) is 0. The first-order valence-corrected chi connectivity index (χ1v) is 10.6. The Labute approximate surface area is 169 Å². The molecule has 2 aliphatic rings. The van der Waals surface area contributed by atoms with Crippen LogP contribution in [0, 0.1) is 13.8 Å². The average Bonchev–Trinajstić information content (AvgIpc) is 2.94. The summed E-state index contributed by atoms with van der Waals surface area (Å²) in [6.45, 7) is 15.1. The molecule has 0 atom stereocenters. The Kier molecular flexibility index (Phi) is 5.05. The SMILES string of the molecule is C=C(C)[N+]1=C(C=CC)c2c(ccc3c2-c2cc(C)cc(C)[n+]2CCC3)CCC1. The van der Waals surface area contributed by atoms with Gasteiger partial charge in [-0.2, -0.15) is 9.14 Å². The van der Waals surface area contributed by atoms with Crippen LogP contribution in [-0.4, -0.2) is 16.8 Å². The van der Waals surface area contributed by atoms with E-state index in [-0.39, 0.29) is 0 Å². The van der Waals surface area contributed by atoms with Gasteiger partial charge >= 0.3 is 0 Å². The van der Waals surface area contributed by atoms with E-state index < -0.39 is 0 Å². The van der Waals surface area contributed by atoms with Crippen LogP contribution < -0.4 is 4.57 Å². The number of hydrogen-bond acceptors (Lipinski definition) is 0. The van der Waals surface area contributed by atoms with Crippen molar-refractivity contribution in [2.24, 2.45) is 0 Å². The molecule has 0 N–H and O–H groups in total. The third-order valence-corrected chi connectivity index (χ3v) is 6.14. The van der Waals surface area contributed by atoms with Gasteiger partial charge < -0.3 is 0 Å². The van der Waals surface area contributed by atoms with E-state index >= 15 is 0 Å². The minimum absolute atomic E-state index is 1.03. The molecule has 0 amide bonds. The summed E-state index contributed by atoms with van der Waals surface area (Å²) in [5.74, 6) is 0. The van der Waals surface area contributed by atoms with Gasteiger partial charge in [-0.3, -0.25) is 0 Å². The van der Waals surface area contributed by atoms with Crippen molar-refractivity contribution in [1.29, 1.82) is 0 Å². The van der Waals surface area contributed by atoms with Crippen LogP contribution in [0.5, 0.6) is 0 Å². The predicted octanol–water partition coefficient (Wildman–Crippen LogP) is 5.06. The number of allylic oxidation sites excluding steroid dienone is 3. The lowest BCUT2D eigenvalue weighted by Crippen LogP contribution is -2.39. The quantitative estimate of drug-likeness (QED) is 0.650. The Morgan fingerprint density at radius 1 is 1.00 bits per heavy atom. The van der Waals surface area contributed by atoms with Crippen LogP contribution in [-0.2, 0) is 19.4 Å². The van der Waals surface area contributed by atoms with Crippen molar-refractivity contribution >= 4 is 5.71 Å². The molecule has 0 fully saturated rings. The molecule has 4 rings (SSSR count). The highest BCUT2D eigenvalue weighted by atomic mass is 15.0. The van der Waals surface area contributed by atoms with Gasteiger partial charge in [0.1, 0.15) is 13.1 Å². The van der Waals surface area contributed by atoms with Gasteiger partial charge in [-0.1, -0.05) is 18.2 Å². The van der Waals surface area contributed by atoms with E-state index in [9.17, 15) is 0 Å². The molecule has 0 bridgehead atoms. The molecule has 0 radical (unpaired) electrons. The Bertz CT molecular complexity index is 1020. The van der Waals surface area contributed by atoms with Crippen molar-refractivity contribution in [3.05, 3.63) is 76.6 Å². The molecular formula is C26H32N2+2. The summed E-state index contributed by atoms with van der Waals surface area (Å²) in [6, 6.07) is 9.48. The smallest absolute Gasteiger partial charge is 0.196 e. The fourth-order valence-electron chi connectivity index (χ4n) is 4.97. The summed E-state index contributed by atoms with van der Waals surface area (Å²) in [4.78, 5) is 0. The summed E-state index contributed by atoms with van der Waals surface area (Å²) in [7, 11) is 0. The lowest BCUT2D eigenvalue weighted by Gasteiger charge is -2.15. The second-order valence-electron chi connectivity index (χ2n) is 8.32. The third-order valence-electron chi connectivity index (χ3n) is 6.14. The van der Waals surface area contributed by atoms with Crippen LogP contribution in [0.4, 0.5) is 0 Å². The van der Waals surface area contributed by atoms with Gasteiger partial charge in [-0.15, -0.1) is 0 Å². The fraction of sp³-hybridized carbons (Fsp3) is 0.385. The van der Waals surface area contributed by atoms with Crippen molar-refractivity contribution in [2.45, 2.75) is 59.9 Å². The van der Waals surface area contributed by atoms with E-state index in [0.717, 1.165) is 38.0 Å². The van der Waals surface area contributed by atoms with Crippen molar-refractivity contribution in [2.75, 3.05) is 6.54 Å². The molecule has 1 aromatic heterocycles. The first kappa shape index (κ1) is 18.9. The van der Waals surface area contributed by atoms with E-state index in [4.69, 9.17) is 0 Å². The summed E-state index contributed by atoms with van der Waals surface area (Å²) in [5.41, 5.74) is 12.4. The van der Waals surface area contributed by atoms with Gasteiger partial charge in [0.15, 0.2) is 11.4 Å². The molecule has 0 saturated carbocycles. The van der Waals surface area contributed by atoms with Crippen LogP contribution in [0.1, 0.15) is 54.6 Å². The molecule has 1 aromatic carbocycles. The molecular weight excluding hydrogens is 340 g/mol. The molecule has 144 valence electrons. The molecule has 0 unspecified atom stereocenters. The lowest BCUT2D eigenvalue weighted by atomic mass is 9.87. The van der Waals surface area contributed by atoms with Gasteiger partial charge in [0, 0.05) is 44.9 Å². The largest absolute Gasteiger partial charge is 0.214 e. The fourth-order valence-corrected chi connectivity index (χ4v) is 4.97. The molecule has 0 spiro atoms. The monoisotopic (exact) mass is 372 g/mol. The molecule has 2 aromatic rings. The zero-order valence-electron chi connectivity index (χ0n) is 17.8. The van der Waals surface area contributed by atoms with E-state index in [1.807, 2.05) is 0 Å². The number of benzene rings is 1. The number of pyridine rings is 1. The van der Waals surface area contributed by atoms with Gasteiger partial charge in [-0.25, -0.2) is 0 Å². The topological polar surface area (TPSA) is 6.89 Å². The van der Waals surface area contributed by atoms with Gasteiger partial charge in [0.05, 0.1) is 11.1 Å². The number of hydrogen-bond donors (Lipinski definition) is 0. The Balaban J connectivity index is 2.14. The number of nitrogens with zero attached hydrogens (tertiary/aromatic N) is 2. The second-order valence-corrected chi connectivity index (χ2v) is 8.32. The summed E-state index contributed by atoms with van der Waals surface area (Å²) in [6.07, 6.45) is 9.07. The molecule has 0 saturated heterocycles. The first-order chi connectivity index (χ1) is 13.5. The highest BCUT2D eigenvalue weighted by Gasteiger charge is 2.32. The molecule has 0 aliphatic carbocycles. The number of aryl methyl sites for hydroxylation is 4. The summed E-state index contributed by atoms with van der Waals surface area (Å²) >= 11 is 0. The highest BCUT2D eigenvalue weighted by Crippen LogP contribution is 2.34. The van der Waals surface area contributed by atoms with Crippen LogP contribution in [0.3, 0.4) is 0 Å². The third kappa shape index (κ3) is 3.15. The highest BCUT2D eigenvalue weighted by molar-refractivity contribution is 6.11. The van der Waals surface area contributed by atoms with Gasteiger partial charge in [0.25, 0.3) is 0 Å². The first-order valence-electron chi connectivity index (χ1n) is 10.6. The molecule has 2 nitrogen and oxygen atoms in total. The van der Waals surface area contributed by atoms with Crippen LogP contribution in [0.2, 0.25) is 0 Å². The zero-order valence-corrected chi connectivity index (χ0v) is 17.8. The standard InChI is InChI=1S/C26H32N2/c1-6-9-23-25-21(10-7-14-27(23)18(2)3)12-13-22-11-8-15-28-20(5)16-19(4)17-24(28)26(22)25/h6,9,12-13,16-17H,2,7-8,10-11,14-15H2,1,3-5H3/q+2. The predicted molar refractivity (Wildman–Crippen MR) is 117 cm³/mol. The zero-order chi connectivity index (χ0) is 19.8. The Morgan fingerprint density at radius 3 is 2.36 bits per heavy atom. The van der Waals surface area contributed by atoms with Gasteiger partial charge in [-0.05, 0) is 50.0 Å². The maximum Gasteiger partial charge on any atom is 0.214 e. The number of aromatic nitrogens is 1. The van der Waals surface area contributed by atoms with E-state index in [1.165, 1.54) is 51.3 Å². The van der Waals surface area contributed by atoms with Crippen molar-refractivity contribution < 1.29 is 9.14 Å². The van der Waals surface area contributed by atoms with Crippen LogP contribution in [0.25, 0.3) is 11.3 Å². The Morgan fingerprint density at radius 2 is 1.68 bits per heavy atom. The van der Waals surface area contributed by atoms with E-state index in [2.05, 4.69) is 79.8 Å². The number of rotatable bonds is 2. The van der Waals surface area contributed by atoms with E-state index in [1.54, 1.807) is 0 Å². The van der Waals surface area contributed by atoms with Gasteiger partial charge in [0.2, 0.25) is 11.4 Å². The second kappa shape index (κ2) is 7.50. The molecule has 2 aliphatic heterocycles. The minimum Gasteiger partial charge on any atom is -0.196 e. The maximum atomic E-state index is 4.30. The maximum absolute atomic E-state index is 4.30. The normalized spacial score (nSPS) is 16.3. The van der Waals surface area contributed by atoms with Crippen molar-refractivity contribution in [3.8, 4) is 11.3 Å². The number of fused-ring (bicyclic) bond motifs is 5. The average molecular weight is 373 g/mol. The van der Waals surface area contributed by atoms with Crippen LogP contribution >= 0.6 is 0 Å². The van der Waals surface area contributed by atoms with Crippen molar-refractivity contribution in [3.63, 3.8) is 0 Å². The Hall–Kier alpha value is -2.48. The summed E-state index contributed by atoms with van der Waals surface area (Å²) < 4.78 is 4.95.